The molecule has 3 saturated heterocycles. The molecule has 6 rings (SSSR count). The first-order valence-corrected chi connectivity index (χ1v) is 17.3. The van der Waals surface area contributed by atoms with Gasteiger partial charge in [0.1, 0.15) is 16.7 Å². The third-order valence-electron chi connectivity index (χ3n) is 9.64. The monoisotopic (exact) mass is 633 g/mol. The highest BCUT2D eigenvalue weighted by molar-refractivity contribution is 8.01. The molecule has 9 nitrogen and oxygen atoms in total. The molecule has 10 heteroatoms. The van der Waals surface area contributed by atoms with E-state index in [-0.39, 0.29) is 41.4 Å². The van der Waals surface area contributed by atoms with Crippen LogP contribution in [0.4, 0.5) is 11.4 Å². The average Bonchev–Trinajstić information content (AvgIpc) is 3.23. The number of piperidine rings is 1. The SMILES string of the molecule is CN1CCN(c2ccccc2C2SC(CC(=O)N3CCC4(CC3)CC(=O)Nc3ccccc3O4)C(=O)N2CCC(C)(C)C)CC1. The number of para-hydroxylation sites is 3. The van der Waals surface area contributed by atoms with Crippen molar-refractivity contribution < 1.29 is 19.1 Å². The second-order valence-corrected chi connectivity index (χ2v) is 15.5. The van der Waals surface area contributed by atoms with E-state index in [4.69, 9.17) is 4.74 Å². The molecule has 2 unspecified atom stereocenters. The van der Waals surface area contributed by atoms with Crippen LogP contribution in [0.3, 0.4) is 0 Å². The van der Waals surface area contributed by atoms with Gasteiger partial charge in [-0.1, -0.05) is 51.1 Å². The molecule has 0 aliphatic carbocycles. The zero-order valence-corrected chi connectivity index (χ0v) is 27.9. The number of nitrogens with zero attached hydrogens (tertiary/aromatic N) is 4. The van der Waals surface area contributed by atoms with Gasteiger partial charge in [-0.2, -0.15) is 0 Å². The Morgan fingerprint density at radius 1 is 0.978 bits per heavy atom. The summed E-state index contributed by atoms with van der Waals surface area (Å²) in [5, 5.41) is 2.40. The van der Waals surface area contributed by atoms with E-state index in [2.05, 4.69) is 67.2 Å². The summed E-state index contributed by atoms with van der Waals surface area (Å²) in [4.78, 5) is 49.2. The second kappa shape index (κ2) is 12.9. The van der Waals surface area contributed by atoms with Crippen LogP contribution in [0.1, 0.15) is 63.8 Å². The number of piperazine rings is 1. The van der Waals surface area contributed by atoms with E-state index in [1.807, 2.05) is 34.1 Å². The van der Waals surface area contributed by atoms with Crippen LogP contribution in [0.5, 0.6) is 5.75 Å². The first kappa shape index (κ1) is 31.7. The van der Waals surface area contributed by atoms with Crippen LogP contribution in [0, 0.1) is 5.41 Å². The lowest BCUT2D eigenvalue weighted by atomic mass is 9.87. The number of anilines is 2. The number of ether oxygens (including phenoxy) is 1. The molecular formula is C35H47N5O4S. The summed E-state index contributed by atoms with van der Waals surface area (Å²) < 4.78 is 6.44. The molecule has 4 aliphatic heterocycles. The van der Waals surface area contributed by atoms with Gasteiger partial charge in [-0.05, 0) is 37.1 Å². The fourth-order valence-corrected chi connectivity index (χ4v) is 8.33. The first-order valence-electron chi connectivity index (χ1n) is 16.3. The summed E-state index contributed by atoms with van der Waals surface area (Å²) in [6.07, 6.45) is 2.48. The quantitative estimate of drug-likeness (QED) is 0.480. The van der Waals surface area contributed by atoms with Gasteiger partial charge in [0.05, 0.1) is 17.4 Å². The lowest BCUT2D eigenvalue weighted by Crippen LogP contribution is -2.51. The maximum absolute atomic E-state index is 14.0. The lowest BCUT2D eigenvalue weighted by molar-refractivity contribution is -0.139. The van der Waals surface area contributed by atoms with Gasteiger partial charge in [0.25, 0.3) is 0 Å². The molecule has 2 atom stereocenters. The average molecular weight is 634 g/mol. The summed E-state index contributed by atoms with van der Waals surface area (Å²) in [5.41, 5.74) is 2.50. The van der Waals surface area contributed by atoms with Crippen LogP contribution in [0.25, 0.3) is 0 Å². The van der Waals surface area contributed by atoms with Gasteiger partial charge in [0.15, 0.2) is 0 Å². The van der Waals surface area contributed by atoms with Crippen LogP contribution < -0.4 is 15.0 Å². The van der Waals surface area contributed by atoms with E-state index in [0.29, 0.717) is 43.9 Å². The Hall–Kier alpha value is -3.24. The number of thioether (sulfide) groups is 1. The normalized spacial score (nSPS) is 23.9. The van der Waals surface area contributed by atoms with Crippen LogP contribution in [-0.4, -0.2) is 96.1 Å². The number of fused-ring (bicyclic) bond motifs is 1. The van der Waals surface area contributed by atoms with Crippen LogP contribution in [-0.2, 0) is 14.4 Å². The largest absolute Gasteiger partial charge is 0.484 e. The van der Waals surface area contributed by atoms with E-state index < -0.39 is 10.9 Å². The number of likely N-dealkylation sites (N-methyl/N-ethyl adjacent to an activating group) is 1. The van der Waals surface area contributed by atoms with Gasteiger partial charge in [0.2, 0.25) is 17.7 Å². The minimum Gasteiger partial charge on any atom is -0.484 e. The maximum atomic E-state index is 14.0. The Labute approximate surface area is 271 Å². The molecule has 1 spiro atoms. The Morgan fingerprint density at radius 2 is 1.67 bits per heavy atom. The van der Waals surface area contributed by atoms with Gasteiger partial charge in [-0.25, -0.2) is 0 Å². The summed E-state index contributed by atoms with van der Waals surface area (Å²) in [6, 6.07) is 16.0. The molecule has 45 heavy (non-hydrogen) atoms. The number of likely N-dealkylation sites (tertiary alicyclic amines) is 1. The molecule has 0 aromatic heterocycles. The number of nitrogens with one attached hydrogen (secondary N) is 1. The van der Waals surface area contributed by atoms with Gasteiger partial charge in [-0.3, -0.25) is 14.4 Å². The van der Waals surface area contributed by atoms with Crippen molar-refractivity contribution >= 4 is 40.9 Å². The van der Waals surface area contributed by atoms with Crippen molar-refractivity contribution in [2.75, 3.05) is 63.1 Å². The molecule has 4 aliphatic rings. The number of rotatable bonds is 6. The summed E-state index contributed by atoms with van der Waals surface area (Å²) in [5.74, 6) is 0.669. The smallest absolute Gasteiger partial charge is 0.237 e. The van der Waals surface area contributed by atoms with Crippen molar-refractivity contribution in [2.24, 2.45) is 5.41 Å². The Kier molecular flexibility index (Phi) is 9.07. The predicted molar refractivity (Wildman–Crippen MR) is 180 cm³/mol. The molecule has 2 aromatic carbocycles. The fourth-order valence-electron chi connectivity index (χ4n) is 6.82. The van der Waals surface area contributed by atoms with Crippen molar-refractivity contribution in [3.8, 4) is 5.75 Å². The van der Waals surface area contributed by atoms with Crippen LogP contribution >= 0.6 is 11.8 Å². The topological polar surface area (TPSA) is 85.4 Å². The molecule has 0 saturated carbocycles. The molecule has 1 N–H and O–H groups in total. The van der Waals surface area contributed by atoms with E-state index >= 15 is 0 Å². The highest BCUT2D eigenvalue weighted by Crippen LogP contribution is 2.48. The minimum absolute atomic E-state index is 0.00190. The maximum Gasteiger partial charge on any atom is 0.237 e. The van der Waals surface area contributed by atoms with Crippen LogP contribution in [0.2, 0.25) is 0 Å². The van der Waals surface area contributed by atoms with Crippen molar-refractivity contribution in [2.45, 2.75) is 69.1 Å². The van der Waals surface area contributed by atoms with Crippen molar-refractivity contribution in [1.29, 1.82) is 0 Å². The molecule has 3 fully saturated rings. The number of hydrogen-bond donors (Lipinski definition) is 1. The highest BCUT2D eigenvalue weighted by Gasteiger charge is 2.46. The highest BCUT2D eigenvalue weighted by atomic mass is 32.2. The van der Waals surface area contributed by atoms with Gasteiger partial charge in [0, 0.05) is 76.3 Å². The standard InChI is InChI=1S/C35H47N5O4S/c1-34(2,3)13-18-40-32(43)29(45-33(40)25-9-5-7-11-27(25)38-21-19-37(4)20-22-38)23-31(42)39-16-14-35(15-17-39)24-30(41)36-26-10-6-8-12-28(26)44-35/h5-12,29,33H,13-24H2,1-4H3,(H,36,41). The number of hydrogen-bond acceptors (Lipinski definition) is 7. The molecule has 4 heterocycles. The minimum atomic E-state index is -0.632. The Morgan fingerprint density at radius 3 is 2.40 bits per heavy atom. The van der Waals surface area contributed by atoms with E-state index in [1.165, 1.54) is 5.69 Å². The zero-order valence-electron chi connectivity index (χ0n) is 27.1. The van der Waals surface area contributed by atoms with E-state index in [9.17, 15) is 14.4 Å². The number of benzene rings is 2. The zero-order chi connectivity index (χ0) is 31.8. The third kappa shape index (κ3) is 7.12. The summed E-state index contributed by atoms with van der Waals surface area (Å²) >= 11 is 1.63. The Bertz CT molecular complexity index is 1410. The van der Waals surface area contributed by atoms with Crippen molar-refractivity contribution in [3.63, 3.8) is 0 Å². The van der Waals surface area contributed by atoms with Crippen molar-refractivity contribution in [1.82, 2.24) is 14.7 Å². The molecule has 3 amide bonds. The Balaban J connectivity index is 1.15. The van der Waals surface area contributed by atoms with E-state index in [0.717, 1.165) is 38.2 Å². The molecular weight excluding hydrogens is 586 g/mol. The van der Waals surface area contributed by atoms with Gasteiger partial charge >= 0.3 is 0 Å². The van der Waals surface area contributed by atoms with Gasteiger partial charge in [-0.15, -0.1) is 11.8 Å². The summed E-state index contributed by atoms with van der Waals surface area (Å²) in [6.45, 7) is 12.2. The molecule has 242 valence electrons. The molecule has 0 radical (unpaired) electrons. The number of amides is 3. The molecule has 2 aromatic rings. The van der Waals surface area contributed by atoms with Crippen molar-refractivity contribution in [3.05, 3.63) is 54.1 Å². The van der Waals surface area contributed by atoms with Gasteiger partial charge < -0.3 is 29.7 Å². The molecule has 0 bridgehead atoms. The van der Waals surface area contributed by atoms with Crippen LogP contribution in [0.15, 0.2) is 48.5 Å². The third-order valence-corrected chi connectivity index (χ3v) is 11.1. The summed E-state index contributed by atoms with van der Waals surface area (Å²) in [7, 11) is 2.16. The van der Waals surface area contributed by atoms with E-state index in [1.54, 1.807) is 11.8 Å². The second-order valence-electron chi connectivity index (χ2n) is 14.3. The predicted octanol–water partition coefficient (Wildman–Crippen LogP) is 4.99. The first-order chi connectivity index (χ1) is 21.5. The lowest BCUT2D eigenvalue weighted by Gasteiger charge is -2.40. The number of carbonyl (C=O) groups is 3. The number of carbonyl (C=O) groups excluding carboxylic acids is 3. The fraction of sp³-hybridized carbons (Fsp3) is 0.571.